The molecule has 1 unspecified atom stereocenters. The van der Waals surface area contributed by atoms with Crippen LogP contribution in [0.3, 0.4) is 0 Å². The Hall–Kier alpha value is -2.65. The van der Waals surface area contributed by atoms with Crippen molar-refractivity contribution in [3.05, 3.63) is 53.9 Å². The summed E-state index contributed by atoms with van der Waals surface area (Å²) in [6, 6.07) is 12.1. The van der Waals surface area contributed by atoms with Crippen LogP contribution in [-0.2, 0) is 6.54 Å². The summed E-state index contributed by atoms with van der Waals surface area (Å²) >= 11 is 0. The molecular weight excluding hydrogens is 326 g/mol. The van der Waals surface area contributed by atoms with Crippen LogP contribution in [0.4, 0.5) is 0 Å². The van der Waals surface area contributed by atoms with Crippen LogP contribution in [0.15, 0.2) is 42.7 Å². The summed E-state index contributed by atoms with van der Waals surface area (Å²) in [5.41, 5.74) is 1.15. The zero-order chi connectivity index (χ0) is 18.1. The number of likely N-dealkylation sites (N-methyl/N-ethyl adjacent to an activating group) is 1. The van der Waals surface area contributed by atoms with Crippen LogP contribution in [0, 0.1) is 17.2 Å². The molecule has 1 amide bonds. The van der Waals surface area contributed by atoms with Gasteiger partial charge >= 0.3 is 0 Å². The first-order valence-electron chi connectivity index (χ1n) is 9.14. The van der Waals surface area contributed by atoms with Gasteiger partial charge in [-0.15, -0.1) is 0 Å². The largest absolute Gasteiger partial charge is 0.338 e. The van der Waals surface area contributed by atoms with Crippen molar-refractivity contribution in [3.63, 3.8) is 0 Å². The minimum atomic E-state index is 0.0405. The van der Waals surface area contributed by atoms with Crippen molar-refractivity contribution >= 4 is 5.91 Å². The van der Waals surface area contributed by atoms with Gasteiger partial charge in [0.05, 0.1) is 18.2 Å². The molecule has 26 heavy (non-hydrogen) atoms. The zero-order valence-electron chi connectivity index (χ0n) is 15.0. The van der Waals surface area contributed by atoms with Gasteiger partial charge in [0.1, 0.15) is 0 Å². The fourth-order valence-electron chi connectivity index (χ4n) is 4.49. The number of carbonyl (C=O) groups excluding carboxylic acids is 1. The molecule has 6 heteroatoms. The van der Waals surface area contributed by atoms with E-state index in [-0.39, 0.29) is 5.91 Å². The minimum absolute atomic E-state index is 0.0405. The van der Waals surface area contributed by atoms with Gasteiger partial charge in [0.2, 0.25) is 0 Å². The quantitative estimate of drug-likeness (QED) is 0.850. The molecule has 2 aliphatic rings. The Morgan fingerprint density at radius 3 is 3.04 bits per heavy atom. The van der Waals surface area contributed by atoms with Crippen LogP contribution in [-0.4, -0.2) is 57.7 Å². The number of fused-ring (bicyclic) bond motifs is 1. The van der Waals surface area contributed by atoms with Crippen molar-refractivity contribution in [1.29, 1.82) is 5.26 Å². The highest BCUT2D eigenvalue weighted by Gasteiger charge is 2.43. The van der Waals surface area contributed by atoms with Crippen LogP contribution < -0.4 is 0 Å². The third kappa shape index (κ3) is 3.11. The number of aromatic nitrogens is 2. The highest BCUT2D eigenvalue weighted by molar-refractivity contribution is 5.94. The molecule has 0 N–H and O–H groups in total. The van der Waals surface area contributed by atoms with E-state index in [0.29, 0.717) is 29.1 Å². The molecule has 2 fully saturated rings. The highest BCUT2D eigenvalue weighted by Crippen LogP contribution is 2.35. The van der Waals surface area contributed by atoms with Crippen molar-refractivity contribution in [3.8, 4) is 6.07 Å². The van der Waals surface area contributed by atoms with Gasteiger partial charge in [0.15, 0.2) is 0 Å². The first-order valence-corrected chi connectivity index (χ1v) is 9.14. The molecule has 2 saturated heterocycles. The number of piperidine rings is 1. The number of nitriles is 1. The van der Waals surface area contributed by atoms with Gasteiger partial charge in [-0.1, -0.05) is 6.07 Å². The van der Waals surface area contributed by atoms with E-state index in [0.717, 1.165) is 32.5 Å². The van der Waals surface area contributed by atoms with E-state index in [9.17, 15) is 4.79 Å². The van der Waals surface area contributed by atoms with Crippen LogP contribution in [0.1, 0.15) is 28.8 Å². The summed E-state index contributed by atoms with van der Waals surface area (Å²) in [4.78, 5) is 17.3. The lowest BCUT2D eigenvalue weighted by Crippen LogP contribution is -2.47. The van der Waals surface area contributed by atoms with Gasteiger partial charge < -0.3 is 4.90 Å². The topological polar surface area (TPSA) is 65.2 Å². The molecule has 0 bridgehead atoms. The predicted octanol–water partition coefficient (Wildman–Crippen LogP) is 1.99. The normalized spacial score (nSPS) is 25.7. The zero-order valence-corrected chi connectivity index (χ0v) is 15.0. The van der Waals surface area contributed by atoms with E-state index >= 15 is 0 Å². The second-order valence-electron chi connectivity index (χ2n) is 7.34. The predicted molar refractivity (Wildman–Crippen MR) is 97.4 cm³/mol. The van der Waals surface area contributed by atoms with Crippen molar-refractivity contribution in [2.75, 3.05) is 20.1 Å². The summed E-state index contributed by atoms with van der Waals surface area (Å²) in [5, 5.41) is 13.4. The molecular formula is C20H23N5O. The summed E-state index contributed by atoms with van der Waals surface area (Å²) < 4.78 is 1.99. The Morgan fingerprint density at radius 2 is 2.27 bits per heavy atom. The van der Waals surface area contributed by atoms with E-state index < -0.39 is 0 Å². The molecule has 0 spiro atoms. The molecule has 3 heterocycles. The SMILES string of the molecule is CN1C(Cn2cccn2)C[C@@H]2CN(C(=O)c3cccc(C#N)c3)CC[C@@H]21. The van der Waals surface area contributed by atoms with Gasteiger partial charge in [0.25, 0.3) is 5.91 Å². The average molecular weight is 349 g/mol. The molecule has 6 nitrogen and oxygen atoms in total. The van der Waals surface area contributed by atoms with Crippen LogP contribution in [0.5, 0.6) is 0 Å². The molecule has 0 aliphatic carbocycles. The average Bonchev–Trinajstić information content (AvgIpc) is 3.29. The lowest BCUT2D eigenvalue weighted by atomic mass is 9.91. The van der Waals surface area contributed by atoms with Crippen LogP contribution in [0.2, 0.25) is 0 Å². The number of amides is 1. The third-order valence-electron chi connectivity index (χ3n) is 5.85. The van der Waals surface area contributed by atoms with Crippen LogP contribution in [0.25, 0.3) is 0 Å². The minimum Gasteiger partial charge on any atom is -0.338 e. The molecule has 4 rings (SSSR count). The van der Waals surface area contributed by atoms with E-state index in [1.807, 2.05) is 28.0 Å². The number of likely N-dealkylation sites (tertiary alicyclic amines) is 2. The highest BCUT2D eigenvalue weighted by atomic mass is 16.2. The summed E-state index contributed by atoms with van der Waals surface area (Å²) in [6.45, 7) is 2.46. The molecule has 0 radical (unpaired) electrons. The van der Waals surface area contributed by atoms with Gasteiger partial charge in [-0.05, 0) is 50.1 Å². The third-order valence-corrected chi connectivity index (χ3v) is 5.85. The van der Waals surface area contributed by atoms with E-state index in [1.54, 1.807) is 24.3 Å². The summed E-state index contributed by atoms with van der Waals surface area (Å²) in [5.74, 6) is 0.538. The molecule has 1 aromatic carbocycles. The standard InChI is InChI=1S/C20H23N5O/c1-23-18(14-25-8-3-7-22-25)11-17-13-24(9-6-19(17)23)20(26)16-5-2-4-15(10-16)12-21/h2-5,7-8,10,17-19H,6,9,11,13-14H2,1H3/t17-,18?,19+/m1/s1. The van der Waals surface area contributed by atoms with Gasteiger partial charge in [-0.25, -0.2) is 0 Å². The van der Waals surface area contributed by atoms with Gasteiger partial charge in [0, 0.05) is 43.1 Å². The number of benzene rings is 1. The smallest absolute Gasteiger partial charge is 0.253 e. The maximum absolute atomic E-state index is 12.9. The first kappa shape index (κ1) is 16.8. The Morgan fingerprint density at radius 1 is 1.38 bits per heavy atom. The molecule has 3 atom stereocenters. The Balaban J connectivity index is 1.44. The number of hydrogen-bond acceptors (Lipinski definition) is 4. The Kier molecular flexibility index (Phi) is 4.48. The van der Waals surface area contributed by atoms with E-state index in [2.05, 4.69) is 23.1 Å². The number of rotatable bonds is 3. The second-order valence-corrected chi connectivity index (χ2v) is 7.34. The number of carbonyl (C=O) groups is 1. The maximum atomic E-state index is 12.9. The van der Waals surface area contributed by atoms with Crippen molar-refractivity contribution in [1.82, 2.24) is 19.6 Å². The Labute approximate surface area is 153 Å². The first-order chi connectivity index (χ1) is 12.7. The number of hydrogen-bond donors (Lipinski definition) is 0. The molecule has 134 valence electrons. The summed E-state index contributed by atoms with van der Waals surface area (Å²) in [7, 11) is 2.20. The van der Waals surface area contributed by atoms with Crippen molar-refractivity contribution in [2.45, 2.75) is 31.5 Å². The number of nitrogens with zero attached hydrogens (tertiary/aromatic N) is 5. The monoisotopic (exact) mass is 349 g/mol. The molecule has 2 aromatic rings. The van der Waals surface area contributed by atoms with Crippen LogP contribution >= 0.6 is 0 Å². The summed E-state index contributed by atoms with van der Waals surface area (Å²) in [6.07, 6.45) is 5.91. The molecule has 1 aromatic heterocycles. The van der Waals surface area contributed by atoms with Crippen molar-refractivity contribution in [2.24, 2.45) is 5.92 Å². The molecule has 0 saturated carbocycles. The van der Waals surface area contributed by atoms with Gasteiger partial charge in [-0.3, -0.25) is 14.4 Å². The Bertz CT molecular complexity index is 825. The van der Waals surface area contributed by atoms with Crippen molar-refractivity contribution < 1.29 is 4.79 Å². The molecule has 2 aliphatic heterocycles. The van der Waals surface area contributed by atoms with E-state index in [1.165, 1.54) is 0 Å². The fourth-order valence-corrected chi connectivity index (χ4v) is 4.49. The lowest BCUT2D eigenvalue weighted by molar-refractivity contribution is 0.0607. The second kappa shape index (κ2) is 6.93. The maximum Gasteiger partial charge on any atom is 0.253 e. The van der Waals surface area contributed by atoms with E-state index in [4.69, 9.17) is 5.26 Å². The lowest BCUT2D eigenvalue weighted by Gasteiger charge is -2.37. The van der Waals surface area contributed by atoms with Gasteiger partial charge in [-0.2, -0.15) is 10.4 Å². The fraction of sp³-hybridized carbons (Fsp3) is 0.450.